The Hall–Kier alpha value is -1.99. The fourth-order valence-electron chi connectivity index (χ4n) is 3.61. The molecular formula is C14H17N5O2. The van der Waals surface area contributed by atoms with E-state index < -0.39 is 6.10 Å². The van der Waals surface area contributed by atoms with Crippen LogP contribution in [-0.2, 0) is 0 Å². The first-order valence-corrected chi connectivity index (χ1v) is 7.14. The van der Waals surface area contributed by atoms with Crippen LogP contribution >= 0.6 is 0 Å². The second-order valence-corrected chi connectivity index (χ2v) is 5.84. The highest BCUT2D eigenvalue weighted by Crippen LogP contribution is 2.45. The van der Waals surface area contributed by atoms with E-state index in [0.717, 1.165) is 0 Å². The van der Waals surface area contributed by atoms with Crippen LogP contribution in [0, 0.1) is 5.92 Å². The predicted molar refractivity (Wildman–Crippen MR) is 76.2 cm³/mol. The van der Waals surface area contributed by atoms with Gasteiger partial charge in [-0.15, -0.1) is 0 Å². The molecule has 0 aliphatic heterocycles. The molecule has 4 atom stereocenters. The quantitative estimate of drug-likeness (QED) is 0.655. The van der Waals surface area contributed by atoms with Gasteiger partial charge in [-0.1, -0.05) is 6.08 Å². The molecule has 0 bridgehead atoms. The summed E-state index contributed by atoms with van der Waals surface area (Å²) in [5.74, 6) is 0.386. The van der Waals surface area contributed by atoms with Crippen LogP contribution in [0.4, 0.5) is 5.82 Å². The van der Waals surface area contributed by atoms with E-state index in [-0.39, 0.29) is 18.1 Å². The summed E-state index contributed by atoms with van der Waals surface area (Å²) in [6.45, 7) is 0. The number of hydrogen-bond donors (Lipinski definition) is 3. The first kappa shape index (κ1) is 12.7. The van der Waals surface area contributed by atoms with Gasteiger partial charge >= 0.3 is 0 Å². The van der Waals surface area contributed by atoms with Gasteiger partial charge in [-0.2, -0.15) is 0 Å². The number of imidazole rings is 1. The minimum absolute atomic E-state index is 0.0235. The molecule has 2 aromatic rings. The molecule has 4 N–H and O–H groups in total. The second-order valence-electron chi connectivity index (χ2n) is 5.84. The van der Waals surface area contributed by atoms with Crippen molar-refractivity contribution in [2.75, 3.05) is 5.73 Å². The number of hydrogen-bond acceptors (Lipinski definition) is 6. The first-order chi connectivity index (χ1) is 10.1. The van der Waals surface area contributed by atoms with Crippen LogP contribution in [-0.4, -0.2) is 41.9 Å². The molecule has 1 saturated carbocycles. The number of aliphatic hydroxyl groups excluding tert-OH is 2. The zero-order valence-electron chi connectivity index (χ0n) is 11.4. The van der Waals surface area contributed by atoms with Crippen molar-refractivity contribution in [3.8, 4) is 0 Å². The number of nitrogens with two attached hydrogens (primary N) is 1. The lowest BCUT2D eigenvalue weighted by Gasteiger charge is -2.26. The van der Waals surface area contributed by atoms with Crippen LogP contribution in [0.1, 0.15) is 25.3 Å². The van der Waals surface area contributed by atoms with E-state index in [9.17, 15) is 10.2 Å². The number of nitrogens with zero attached hydrogens (tertiary/aromatic N) is 4. The Balaban J connectivity index is 1.81. The minimum atomic E-state index is -0.437. The summed E-state index contributed by atoms with van der Waals surface area (Å²) in [6, 6.07) is 0.0248. The Morgan fingerprint density at radius 3 is 2.90 bits per heavy atom. The Bertz CT molecular complexity index is 725. The third kappa shape index (κ3) is 1.85. The fourth-order valence-corrected chi connectivity index (χ4v) is 3.61. The van der Waals surface area contributed by atoms with Gasteiger partial charge in [-0.25, -0.2) is 15.0 Å². The van der Waals surface area contributed by atoms with Crippen molar-refractivity contribution in [2.45, 2.75) is 37.5 Å². The lowest BCUT2D eigenvalue weighted by atomic mass is 9.86. The van der Waals surface area contributed by atoms with Gasteiger partial charge in [0.15, 0.2) is 11.5 Å². The summed E-state index contributed by atoms with van der Waals surface area (Å²) < 4.78 is 1.96. The summed E-state index contributed by atoms with van der Waals surface area (Å²) in [7, 11) is 0. The Labute approximate surface area is 121 Å². The van der Waals surface area contributed by atoms with E-state index in [4.69, 9.17) is 5.73 Å². The molecular weight excluding hydrogens is 270 g/mol. The monoisotopic (exact) mass is 287 g/mol. The van der Waals surface area contributed by atoms with Gasteiger partial charge in [0.1, 0.15) is 11.8 Å². The minimum Gasteiger partial charge on any atom is -0.393 e. The molecule has 0 saturated heterocycles. The van der Waals surface area contributed by atoms with Crippen molar-refractivity contribution in [1.29, 1.82) is 0 Å². The Morgan fingerprint density at radius 1 is 1.19 bits per heavy atom. The van der Waals surface area contributed by atoms with Crippen molar-refractivity contribution in [3.63, 3.8) is 0 Å². The maximum atomic E-state index is 10.3. The van der Waals surface area contributed by atoms with Crippen LogP contribution in [0.5, 0.6) is 0 Å². The highest BCUT2D eigenvalue weighted by atomic mass is 16.3. The van der Waals surface area contributed by atoms with Crippen LogP contribution in [0.2, 0.25) is 0 Å². The molecule has 0 spiro atoms. The van der Waals surface area contributed by atoms with Crippen molar-refractivity contribution < 1.29 is 10.2 Å². The van der Waals surface area contributed by atoms with Gasteiger partial charge in [0, 0.05) is 5.92 Å². The molecule has 7 nitrogen and oxygen atoms in total. The van der Waals surface area contributed by atoms with Gasteiger partial charge in [0.25, 0.3) is 0 Å². The maximum absolute atomic E-state index is 10.3. The van der Waals surface area contributed by atoms with Gasteiger partial charge in [-0.05, 0) is 24.8 Å². The van der Waals surface area contributed by atoms with E-state index in [1.54, 1.807) is 6.33 Å². The molecule has 2 heterocycles. The first-order valence-electron chi connectivity index (χ1n) is 7.14. The number of nitrogen functional groups attached to an aromatic ring is 1. The molecule has 2 aliphatic carbocycles. The summed E-state index contributed by atoms with van der Waals surface area (Å²) in [5, 5.41) is 20.1. The molecule has 4 rings (SSSR count). The van der Waals surface area contributed by atoms with Gasteiger partial charge in [0.05, 0.1) is 24.6 Å². The molecule has 2 aromatic heterocycles. The number of aliphatic hydroxyl groups is 2. The molecule has 110 valence electrons. The highest BCUT2D eigenvalue weighted by Gasteiger charge is 2.41. The molecule has 0 aromatic carbocycles. The third-order valence-electron chi connectivity index (χ3n) is 4.62. The molecule has 0 radical (unpaired) electrons. The normalized spacial score (nSPS) is 32.2. The number of fused-ring (bicyclic) bond motifs is 2. The largest absolute Gasteiger partial charge is 0.393 e. The average molecular weight is 287 g/mol. The van der Waals surface area contributed by atoms with Gasteiger partial charge in [-0.3, -0.25) is 0 Å². The van der Waals surface area contributed by atoms with Crippen molar-refractivity contribution in [3.05, 3.63) is 24.3 Å². The van der Waals surface area contributed by atoms with E-state index in [1.807, 2.05) is 4.57 Å². The van der Waals surface area contributed by atoms with E-state index in [1.165, 1.54) is 11.9 Å². The molecule has 7 heteroatoms. The number of aromatic nitrogens is 4. The Kier molecular flexibility index (Phi) is 2.73. The van der Waals surface area contributed by atoms with Crippen molar-refractivity contribution in [2.24, 2.45) is 5.92 Å². The van der Waals surface area contributed by atoms with Crippen LogP contribution < -0.4 is 5.73 Å². The summed E-state index contributed by atoms with van der Waals surface area (Å²) in [5.41, 5.74) is 8.27. The van der Waals surface area contributed by atoms with Crippen LogP contribution in [0.15, 0.2) is 24.3 Å². The Morgan fingerprint density at radius 2 is 2.05 bits per heavy atom. The molecule has 2 aliphatic rings. The third-order valence-corrected chi connectivity index (χ3v) is 4.62. The topological polar surface area (TPSA) is 110 Å². The van der Waals surface area contributed by atoms with E-state index >= 15 is 0 Å². The van der Waals surface area contributed by atoms with E-state index in [0.29, 0.717) is 36.2 Å². The lowest BCUT2D eigenvalue weighted by molar-refractivity contribution is 0.0845. The number of anilines is 1. The standard InChI is InChI=1S/C14H17N5O2/c15-13-12-14(17-5-16-13)19(6-18-12)10-4-11(21)9-3-7(20)1-2-8(9)10/h2,5-7,9-11,20-21H,1,3-4H2,(H2,15,16,17)/t7-,9-,10-,11-/m0/s1. The lowest BCUT2D eigenvalue weighted by Crippen LogP contribution is -2.24. The second kappa shape index (κ2) is 4.51. The molecule has 21 heavy (non-hydrogen) atoms. The summed E-state index contributed by atoms with van der Waals surface area (Å²) in [4.78, 5) is 12.5. The van der Waals surface area contributed by atoms with Crippen LogP contribution in [0.25, 0.3) is 11.2 Å². The smallest absolute Gasteiger partial charge is 0.165 e. The van der Waals surface area contributed by atoms with Gasteiger partial charge in [0.2, 0.25) is 0 Å². The maximum Gasteiger partial charge on any atom is 0.165 e. The average Bonchev–Trinajstić information content (AvgIpc) is 3.02. The molecule has 0 unspecified atom stereocenters. The predicted octanol–water partition coefficient (Wildman–Crippen LogP) is 0.411. The number of rotatable bonds is 1. The highest BCUT2D eigenvalue weighted by molar-refractivity contribution is 5.81. The van der Waals surface area contributed by atoms with Gasteiger partial charge < -0.3 is 20.5 Å². The molecule has 1 fully saturated rings. The van der Waals surface area contributed by atoms with Crippen molar-refractivity contribution >= 4 is 17.0 Å². The summed E-state index contributed by atoms with van der Waals surface area (Å²) >= 11 is 0. The zero-order chi connectivity index (χ0) is 14.6. The summed E-state index contributed by atoms with van der Waals surface area (Å²) in [6.07, 6.45) is 6.26. The fraction of sp³-hybridized carbons (Fsp3) is 0.500. The van der Waals surface area contributed by atoms with E-state index in [2.05, 4.69) is 21.0 Å². The van der Waals surface area contributed by atoms with Crippen molar-refractivity contribution in [1.82, 2.24) is 19.5 Å². The van der Waals surface area contributed by atoms with Crippen LogP contribution in [0.3, 0.4) is 0 Å². The zero-order valence-corrected chi connectivity index (χ0v) is 11.4. The SMILES string of the molecule is Nc1ncnc2c1ncn2[C@H]1C[C@H](O)[C@H]2C[C@@H](O)CC=C21. The molecule has 0 amide bonds.